The minimum absolute atomic E-state index is 1.02. The van der Waals surface area contributed by atoms with E-state index in [1.807, 2.05) is 0 Å². The topological polar surface area (TPSA) is 0 Å². The zero-order valence-electron chi connectivity index (χ0n) is 3.58. The van der Waals surface area contributed by atoms with Crippen LogP contribution in [0, 0.1) is 0 Å². The van der Waals surface area contributed by atoms with Crippen molar-refractivity contribution in [3.63, 3.8) is 0 Å². The molecule has 0 aromatic rings. The Balaban J connectivity index is 2.32. The van der Waals surface area contributed by atoms with Gasteiger partial charge in [-0.1, -0.05) is 0 Å². The number of hydrogen-bond acceptors (Lipinski definition) is 0. The SMILES string of the molecule is C[CH](C)[GeH3]. The van der Waals surface area contributed by atoms with Gasteiger partial charge in [-0.15, -0.1) is 0 Å². The normalized spacial score (nSPS) is 9.75. The summed E-state index contributed by atoms with van der Waals surface area (Å²) < 4.78 is 1.02. The van der Waals surface area contributed by atoms with E-state index in [1.54, 1.807) is 0 Å². The summed E-state index contributed by atoms with van der Waals surface area (Å²) in [4.78, 5) is 0. The second-order valence-electron chi connectivity index (χ2n) is 1.73. The van der Waals surface area contributed by atoms with Crippen LogP contribution in [0.2, 0.25) is 4.75 Å². The molecule has 0 aliphatic carbocycles. The van der Waals surface area contributed by atoms with Crippen molar-refractivity contribution in [1.82, 2.24) is 0 Å². The number of rotatable bonds is 0. The zero-order valence-corrected chi connectivity index (χ0v) is 7.77. The molecule has 26 valence electrons. The Labute approximate surface area is 35.8 Å². The molecule has 4 heavy (non-hydrogen) atoms. The summed E-state index contributed by atoms with van der Waals surface area (Å²) in [5.41, 5.74) is 0. The van der Waals surface area contributed by atoms with E-state index in [1.165, 1.54) is 0 Å². The van der Waals surface area contributed by atoms with Crippen LogP contribution in [-0.4, -0.2) is 16.5 Å². The summed E-state index contributed by atoms with van der Waals surface area (Å²) in [6, 6.07) is 0. The molecule has 0 aromatic heterocycles. The molecule has 0 aliphatic heterocycles. The van der Waals surface area contributed by atoms with Gasteiger partial charge in [-0.25, -0.2) is 0 Å². The molecule has 0 unspecified atom stereocenters. The van der Waals surface area contributed by atoms with Gasteiger partial charge in [0.15, 0.2) is 0 Å². The molecule has 0 saturated carbocycles. The van der Waals surface area contributed by atoms with Gasteiger partial charge in [0.25, 0.3) is 0 Å². The predicted molar refractivity (Wildman–Crippen MR) is 25.0 cm³/mol. The fourth-order valence-corrected chi connectivity index (χ4v) is 0. The van der Waals surface area contributed by atoms with E-state index in [9.17, 15) is 0 Å². The van der Waals surface area contributed by atoms with Crippen LogP contribution in [0.15, 0.2) is 0 Å². The summed E-state index contributed by atoms with van der Waals surface area (Å²) in [7, 11) is 0. The van der Waals surface area contributed by atoms with Crippen LogP contribution in [-0.2, 0) is 0 Å². The first kappa shape index (κ1) is 4.54. The van der Waals surface area contributed by atoms with E-state index in [-0.39, 0.29) is 0 Å². The molecule has 0 nitrogen and oxygen atoms in total. The van der Waals surface area contributed by atoms with Crippen molar-refractivity contribution in [1.29, 1.82) is 0 Å². The zero-order chi connectivity index (χ0) is 3.58. The van der Waals surface area contributed by atoms with E-state index < -0.39 is 0 Å². The molecular formula is C3H10Ge. The molecule has 0 atom stereocenters. The third-order valence-corrected chi connectivity index (χ3v) is 0. The van der Waals surface area contributed by atoms with Gasteiger partial charge >= 0.3 is 35.1 Å². The molecule has 1 heteroatoms. The van der Waals surface area contributed by atoms with Crippen LogP contribution in [0.3, 0.4) is 0 Å². The minimum atomic E-state index is 1.02. The summed E-state index contributed by atoms with van der Waals surface area (Å²) in [5, 5.41) is 0. The van der Waals surface area contributed by atoms with Gasteiger partial charge in [0.05, 0.1) is 0 Å². The monoisotopic (exact) mass is 120 g/mol. The first-order chi connectivity index (χ1) is 1.73. The first-order valence-electron chi connectivity index (χ1n) is 1.73. The number of hydrogen-bond donors (Lipinski definition) is 0. The Kier molecular flexibility index (Phi) is 2.07. The maximum atomic E-state index is 2.25. The molecule has 0 spiro atoms. The van der Waals surface area contributed by atoms with E-state index in [2.05, 4.69) is 13.8 Å². The molecule has 0 bridgehead atoms. The molecule has 0 aliphatic rings. The van der Waals surface area contributed by atoms with Crippen molar-refractivity contribution in [3.05, 3.63) is 0 Å². The van der Waals surface area contributed by atoms with E-state index >= 15 is 0 Å². The summed E-state index contributed by atoms with van der Waals surface area (Å²) in [6.07, 6.45) is 0. The molecule has 0 N–H and O–H groups in total. The molecule has 0 heterocycles. The molecule has 0 amide bonds. The van der Waals surface area contributed by atoms with Gasteiger partial charge in [-0.05, 0) is 0 Å². The van der Waals surface area contributed by atoms with E-state index in [0.717, 1.165) is 21.3 Å². The van der Waals surface area contributed by atoms with Gasteiger partial charge in [0, 0.05) is 0 Å². The van der Waals surface area contributed by atoms with Crippen molar-refractivity contribution >= 4 is 16.5 Å². The van der Waals surface area contributed by atoms with Crippen LogP contribution in [0.25, 0.3) is 0 Å². The van der Waals surface area contributed by atoms with Crippen molar-refractivity contribution < 1.29 is 0 Å². The van der Waals surface area contributed by atoms with Crippen LogP contribution in [0.1, 0.15) is 13.8 Å². The Morgan fingerprint density at radius 3 is 1.50 bits per heavy atom. The fourth-order valence-electron chi connectivity index (χ4n) is 0. The van der Waals surface area contributed by atoms with Crippen molar-refractivity contribution in [2.24, 2.45) is 0 Å². The van der Waals surface area contributed by atoms with Gasteiger partial charge < -0.3 is 0 Å². The molecule has 0 saturated heterocycles. The third-order valence-electron chi connectivity index (χ3n) is 0. The quantitative estimate of drug-likeness (QED) is 0.399. The fraction of sp³-hybridized carbons (Fsp3) is 1.00. The van der Waals surface area contributed by atoms with Crippen LogP contribution >= 0.6 is 0 Å². The summed E-state index contributed by atoms with van der Waals surface area (Å²) in [6.45, 7) is 4.50. The van der Waals surface area contributed by atoms with Crippen LogP contribution in [0.4, 0.5) is 0 Å². The van der Waals surface area contributed by atoms with Crippen molar-refractivity contribution in [3.8, 4) is 0 Å². The first-order valence-corrected chi connectivity index (χ1v) is 4.15. The maximum absolute atomic E-state index is 2.25. The molecule has 0 aromatic carbocycles. The second kappa shape index (κ2) is 1.83. The Morgan fingerprint density at radius 2 is 1.50 bits per heavy atom. The standard InChI is InChI=1S/C3H10Ge/c1-3(2)4/h3H,1-2,4H3. The Hall–Kier alpha value is 0.543. The van der Waals surface area contributed by atoms with Gasteiger partial charge in [0.1, 0.15) is 0 Å². The molecule has 0 fully saturated rings. The molecule has 0 radical (unpaired) electrons. The van der Waals surface area contributed by atoms with Crippen molar-refractivity contribution in [2.45, 2.75) is 18.6 Å². The average molecular weight is 119 g/mol. The predicted octanol–water partition coefficient (Wildman–Crippen LogP) is 0.180. The van der Waals surface area contributed by atoms with E-state index in [0.29, 0.717) is 0 Å². The summed E-state index contributed by atoms with van der Waals surface area (Å²) >= 11 is 1.06. The van der Waals surface area contributed by atoms with Gasteiger partial charge in [0.2, 0.25) is 0 Å². The Morgan fingerprint density at radius 1 is 1.50 bits per heavy atom. The van der Waals surface area contributed by atoms with Crippen LogP contribution in [0.5, 0.6) is 0 Å². The molecule has 0 rings (SSSR count). The van der Waals surface area contributed by atoms with Crippen molar-refractivity contribution in [2.75, 3.05) is 0 Å². The molecular weight excluding hydrogens is 109 g/mol. The summed E-state index contributed by atoms with van der Waals surface area (Å²) in [5.74, 6) is 0. The Bertz CT molecular complexity index is 8.00. The van der Waals surface area contributed by atoms with Gasteiger partial charge in [-0.3, -0.25) is 0 Å². The van der Waals surface area contributed by atoms with Gasteiger partial charge in [-0.2, -0.15) is 0 Å². The third kappa shape index (κ3) is 20.5. The van der Waals surface area contributed by atoms with E-state index in [4.69, 9.17) is 0 Å². The van der Waals surface area contributed by atoms with Crippen LogP contribution < -0.4 is 0 Å². The average Bonchev–Trinajstić information content (AvgIpc) is 0.811. The second-order valence-corrected chi connectivity index (χ2v) is 6.58.